The molecule has 1 amide bonds. The van der Waals surface area contributed by atoms with Crippen LogP contribution in [-0.4, -0.2) is 47.9 Å². The van der Waals surface area contributed by atoms with Crippen molar-refractivity contribution in [3.63, 3.8) is 0 Å². The van der Waals surface area contributed by atoms with Crippen molar-refractivity contribution >= 4 is 29.1 Å². The number of carbonyl (C=O) groups excluding carboxylic acids is 1. The van der Waals surface area contributed by atoms with Gasteiger partial charge in [0, 0.05) is 19.1 Å². The second-order valence-corrected chi connectivity index (χ2v) is 8.12. The first-order chi connectivity index (χ1) is 11.5. The molecule has 3 nitrogen and oxygen atoms in total. The number of halogens is 2. The molecule has 2 unspecified atom stereocenters. The van der Waals surface area contributed by atoms with Crippen LogP contribution >= 0.6 is 23.2 Å². The Hall–Kier alpha value is -0.770. The Kier molecular flexibility index (Phi) is 6.07. The molecular weight excluding hydrogens is 343 g/mol. The highest BCUT2D eigenvalue weighted by Crippen LogP contribution is 2.26. The van der Waals surface area contributed by atoms with Crippen LogP contribution in [0.5, 0.6) is 0 Å². The van der Waals surface area contributed by atoms with Gasteiger partial charge in [-0.05, 0) is 62.4 Å². The predicted molar refractivity (Wildman–Crippen MR) is 99.7 cm³/mol. The number of hydrogen-bond acceptors (Lipinski definition) is 2. The molecule has 3 rings (SSSR count). The summed E-state index contributed by atoms with van der Waals surface area (Å²) in [5.41, 5.74) is 0.938. The molecule has 2 saturated heterocycles. The van der Waals surface area contributed by atoms with Gasteiger partial charge in [-0.1, -0.05) is 36.2 Å². The van der Waals surface area contributed by atoms with Gasteiger partial charge in [-0.3, -0.25) is 4.79 Å². The monoisotopic (exact) mass is 368 g/mol. The molecule has 24 heavy (non-hydrogen) atoms. The van der Waals surface area contributed by atoms with Crippen LogP contribution in [0.2, 0.25) is 10.0 Å². The summed E-state index contributed by atoms with van der Waals surface area (Å²) < 4.78 is 0. The minimum atomic E-state index is 0.212. The van der Waals surface area contributed by atoms with E-state index in [4.69, 9.17) is 23.2 Å². The number of carbonyl (C=O) groups is 1. The van der Waals surface area contributed by atoms with Crippen LogP contribution in [0.3, 0.4) is 0 Å². The summed E-state index contributed by atoms with van der Waals surface area (Å²) in [6.07, 6.45) is 5.20. The Morgan fingerprint density at radius 2 is 1.92 bits per heavy atom. The summed E-state index contributed by atoms with van der Waals surface area (Å²) in [7, 11) is 0. The van der Waals surface area contributed by atoms with E-state index in [1.54, 1.807) is 6.07 Å². The van der Waals surface area contributed by atoms with Crippen molar-refractivity contribution in [2.75, 3.05) is 26.2 Å². The van der Waals surface area contributed by atoms with E-state index in [-0.39, 0.29) is 5.91 Å². The Morgan fingerprint density at radius 3 is 2.62 bits per heavy atom. The van der Waals surface area contributed by atoms with Gasteiger partial charge in [0.05, 0.1) is 16.5 Å². The van der Waals surface area contributed by atoms with E-state index in [1.165, 1.54) is 25.9 Å². The molecular formula is C19H26Cl2N2O. The normalized spacial score (nSPS) is 25.2. The summed E-state index contributed by atoms with van der Waals surface area (Å²) in [6.45, 7) is 6.56. The van der Waals surface area contributed by atoms with Crippen LogP contribution < -0.4 is 0 Å². The fourth-order valence-electron chi connectivity index (χ4n) is 3.94. The summed E-state index contributed by atoms with van der Waals surface area (Å²) in [6, 6.07) is 5.83. The van der Waals surface area contributed by atoms with Gasteiger partial charge < -0.3 is 9.80 Å². The van der Waals surface area contributed by atoms with Crippen LogP contribution in [0.25, 0.3) is 0 Å². The highest BCUT2D eigenvalue weighted by molar-refractivity contribution is 6.42. The fraction of sp³-hybridized carbons (Fsp3) is 0.632. The third kappa shape index (κ3) is 4.44. The average Bonchev–Trinajstić information content (AvgIpc) is 3.04. The number of nitrogens with zero attached hydrogens (tertiary/aromatic N) is 2. The largest absolute Gasteiger partial charge is 0.338 e. The average molecular weight is 369 g/mol. The van der Waals surface area contributed by atoms with Crippen LogP contribution in [0.15, 0.2) is 18.2 Å². The summed E-state index contributed by atoms with van der Waals surface area (Å²) >= 11 is 12.0. The first-order valence-corrected chi connectivity index (χ1v) is 9.74. The van der Waals surface area contributed by atoms with E-state index >= 15 is 0 Å². The van der Waals surface area contributed by atoms with E-state index in [9.17, 15) is 4.79 Å². The number of amides is 1. The van der Waals surface area contributed by atoms with Crippen LogP contribution in [-0.2, 0) is 11.2 Å². The zero-order chi connectivity index (χ0) is 17.1. The Morgan fingerprint density at radius 1 is 1.17 bits per heavy atom. The number of rotatable bonds is 4. The zero-order valence-electron chi connectivity index (χ0n) is 14.3. The van der Waals surface area contributed by atoms with E-state index < -0.39 is 0 Å². The molecule has 132 valence electrons. The van der Waals surface area contributed by atoms with Crippen LogP contribution in [0, 0.1) is 5.92 Å². The minimum Gasteiger partial charge on any atom is -0.338 e. The quantitative estimate of drug-likeness (QED) is 0.792. The standard InChI is InChI=1S/C19H26Cl2N2O/c1-14-6-9-23(16(10-14)13-22-7-2-3-8-22)19(24)12-15-4-5-17(20)18(21)11-15/h4-5,11,14,16H,2-3,6-10,12-13H2,1H3. The SMILES string of the molecule is CC1CCN(C(=O)Cc2ccc(Cl)c(Cl)c2)C(CN2CCCC2)C1. The molecule has 0 radical (unpaired) electrons. The van der Waals surface area contributed by atoms with Crippen molar-refractivity contribution < 1.29 is 4.79 Å². The van der Waals surface area contributed by atoms with E-state index in [2.05, 4.69) is 16.7 Å². The predicted octanol–water partition coefficient (Wildman–Crippen LogP) is 4.26. The van der Waals surface area contributed by atoms with Gasteiger partial charge in [-0.15, -0.1) is 0 Å². The van der Waals surface area contributed by atoms with Gasteiger partial charge in [0.2, 0.25) is 5.91 Å². The highest BCUT2D eigenvalue weighted by atomic mass is 35.5. The van der Waals surface area contributed by atoms with Crippen molar-refractivity contribution in [1.82, 2.24) is 9.80 Å². The van der Waals surface area contributed by atoms with Gasteiger partial charge in [-0.2, -0.15) is 0 Å². The van der Waals surface area contributed by atoms with Gasteiger partial charge in [0.15, 0.2) is 0 Å². The lowest BCUT2D eigenvalue weighted by atomic mass is 9.91. The van der Waals surface area contributed by atoms with E-state index in [0.717, 1.165) is 31.5 Å². The van der Waals surface area contributed by atoms with Crippen molar-refractivity contribution in [2.45, 2.75) is 45.1 Å². The molecule has 2 aliphatic heterocycles. The van der Waals surface area contributed by atoms with Crippen LogP contribution in [0.1, 0.15) is 38.2 Å². The maximum atomic E-state index is 12.9. The van der Waals surface area contributed by atoms with Gasteiger partial charge in [0.25, 0.3) is 0 Å². The Labute approximate surface area is 154 Å². The van der Waals surface area contributed by atoms with Crippen LogP contribution in [0.4, 0.5) is 0 Å². The second kappa shape index (κ2) is 8.07. The lowest BCUT2D eigenvalue weighted by Crippen LogP contribution is -2.51. The molecule has 0 bridgehead atoms. The molecule has 2 fully saturated rings. The summed E-state index contributed by atoms with van der Waals surface area (Å²) in [5, 5.41) is 1.05. The number of benzene rings is 1. The minimum absolute atomic E-state index is 0.212. The number of hydrogen-bond donors (Lipinski definition) is 0. The summed E-state index contributed by atoms with van der Waals surface area (Å²) in [4.78, 5) is 17.5. The highest BCUT2D eigenvalue weighted by Gasteiger charge is 2.31. The first-order valence-electron chi connectivity index (χ1n) is 8.98. The molecule has 0 spiro atoms. The molecule has 0 aromatic heterocycles. The molecule has 0 saturated carbocycles. The maximum absolute atomic E-state index is 12.9. The second-order valence-electron chi connectivity index (χ2n) is 7.30. The van der Waals surface area contributed by atoms with Crippen molar-refractivity contribution in [2.24, 2.45) is 5.92 Å². The Balaban J connectivity index is 1.66. The fourth-order valence-corrected chi connectivity index (χ4v) is 4.26. The van der Waals surface area contributed by atoms with Crippen molar-refractivity contribution in [1.29, 1.82) is 0 Å². The molecule has 2 aliphatic rings. The third-order valence-electron chi connectivity index (χ3n) is 5.31. The molecule has 1 aromatic carbocycles. The van der Waals surface area contributed by atoms with E-state index in [1.807, 2.05) is 12.1 Å². The maximum Gasteiger partial charge on any atom is 0.227 e. The molecule has 1 aromatic rings. The molecule has 0 N–H and O–H groups in total. The Bertz CT molecular complexity index is 587. The van der Waals surface area contributed by atoms with Gasteiger partial charge in [-0.25, -0.2) is 0 Å². The topological polar surface area (TPSA) is 23.6 Å². The molecule has 0 aliphatic carbocycles. The lowest BCUT2D eigenvalue weighted by Gasteiger charge is -2.40. The van der Waals surface area contributed by atoms with E-state index in [0.29, 0.717) is 28.4 Å². The molecule has 2 heterocycles. The summed E-state index contributed by atoms with van der Waals surface area (Å²) in [5.74, 6) is 0.913. The first kappa shape index (κ1) is 18.0. The van der Waals surface area contributed by atoms with Gasteiger partial charge in [0.1, 0.15) is 0 Å². The zero-order valence-corrected chi connectivity index (χ0v) is 15.8. The number of likely N-dealkylation sites (tertiary alicyclic amines) is 2. The van der Waals surface area contributed by atoms with Crippen molar-refractivity contribution in [3.8, 4) is 0 Å². The molecule has 2 atom stereocenters. The number of piperidine rings is 1. The van der Waals surface area contributed by atoms with Crippen molar-refractivity contribution in [3.05, 3.63) is 33.8 Å². The smallest absolute Gasteiger partial charge is 0.227 e. The molecule has 5 heteroatoms. The van der Waals surface area contributed by atoms with Gasteiger partial charge >= 0.3 is 0 Å². The lowest BCUT2D eigenvalue weighted by molar-refractivity contribution is -0.135. The third-order valence-corrected chi connectivity index (χ3v) is 6.04.